The molecule has 0 unspecified atom stereocenters. The van der Waals surface area contributed by atoms with E-state index in [-0.39, 0.29) is 11.5 Å². The molecule has 1 aliphatic rings. The molecule has 0 bridgehead atoms. The Hall–Kier alpha value is -3.69. The lowest BCUT2D eigenvalue weighted by atomic mass is 10.1. The molecule has 4 heterocycles. The molecule has 1 aliphatic heterocycles. The fourth-order valence-electron chi connectivity index (χ4n) is 4.20. The zero-order valence-electron chi connectivity index (χ0n) is 20.7. The summed E-state index contributed by atoms with van der Waals surface area (Å²) in [6.45, 7) is 9.88. The monoisotopic (exact) mass is 485 g/mol. The van der Waals surface area contributed by atoms with Gasteiger partial charge in [-0.3, -0.25) is 14.4 Å². The summed E-state index contributed by atoms with van der Waals surface area (Å²) < 4.78 is 8.88. The van der Waals surface area contributed by atoms with Crippen LogP contribution in [0.4, 0.5) is 0 Å². The lowest BCUT2D eigenvalue weighted by Gasteiger charge is -2.26. The van der Waals surface area contributed by atoms with Crippen LogP contribution in [-0.4, -0.2) is 67.3 Å². The van der Waals surface area contributed by atoms with Crippen molar-refractivity contribution in [3.63, 3.8) is 0 Å². The highest BCUT2D eigenvalue weighted by Gasteiger charge is 2.11. The molecule has 0 amide bonds. The minimum absolute atomic E-state index is 0.115. The maximum atomic E-state index is 12.3. The van der Waals surface area contributed by atoms with Gasteiger partial charge < -0.3 is 4.74 Å². The smallest absolute Gasteiger partial charge is 0.267 e. The van der Waals surface area contributed by atoms with Gasteiger partial charge >= 0.3 is 0 Å². The molecule has 9 heteroatoms. The van der Waals surface area contributed by atoms with E-state index in [4.69, 9.17) is 4.74 Å². The Kier molecular flexibility index (Phi) is 7.29. The molecule has 0 N–H and O–H groups in total. The van der Waals surface area contributed by atoms with Gasteiger partial charge in [0.05, 0.1) is 38.2 Å². The van der Waals surface area contributed by atoms with Gasteiger partial charge in [0.1, 0.15) is 0 Å². The standard InChI is InChI=1S/C27H31N7O2/c1-20(2)25-6-7-26(35)34(31-25)18-21-4-3-5-22(14-21)27-28-15-23(16-29-27)24-17-30-33(19-24)9-8-32-10-12-36-13-11-32/h3-7,14-17,19-20H,8-13,18H2,1-2H3. The van der Waals surface area contributed by atoms with Crippen LogP contribution in [0, 0.1) is 0 Å². The molecule has 1 saturated heterocycles. The molecule has 0 radical (unpaired) electrons. The van der Waals surface area contributed by atoms with E-state index in [2.05, 4.69) is 38.9 Å². The Morgan fingerprint density at radius 3 is 2.53 bits per heavy atom. The average molecular weight is 486 g/mol. The first kappa shape index (κ1) is 24.0. The van der Waals surface area contributed by atoms with Crippen molar-refractivity contribution in [1.82, 2.24) is 34.4 Å². The normalized spacial score (nSPS) is 14.4. The predicted molar refractivity (Wildman–Crippen MR) is 138 cm³/mol. The Morgan fingerprint density at radius 2 is 1.75 bits per heavy atom. The second-order valence-corrected chi connectivity index (χ2v) is 9.35. The van der Waals surface area contributed by atoms with Gasteiger partial charge in [-0.05, 0) is 23.6 Å². The third-order valence-corrected chi connectivity index (χ3v) is 6.36. The van der Waals surface area contributed by atoms with Gasteiger partial charge in [0.15, 0.2) is 5.82 Å². The van der Waals surface area contributed by atoms with Gasteiger partial charge in [-0.2, -0.15) is 10.2 Å². The fraction of sp³-hybridized carbons (Fsp3) is 0.370. The molecule has 4 aromatic rings. The Balaban J connectivity index is 1.26. The van der Waals surface area contributed by atoms with Crippen LogP contribution in [-0.2, 0) is 17.8 Å². The third kappa shape index (κ3) is 5.75. The van der Waals surface area contributed by atoms with Gasteiger partial charge in [0.25, 0.3) is 5.56 Å². The van der Waals surface area contributed by atoms with Crippen LogP contribution in [0.1, 0.15) is 31.0 Å². The van der Waals surface area contributed by atoms with Gasteiger partial charge in [-0.25, -0.2) is 14.6 Å². The Labute approximate surface area is 210 Å². The number of benzene rings is 1. The minimum Gasteiger partial charge on any atom is -0.379 e. The molecular weight excluding hydrogens is 454 g/mol. The van der Waals surface area contributed by atoms with E-state index in [1.807, 2.05) is 53.7 Å². The number of morpholine rings is 1. The number of ether oxygens (including phenoxy) is 1. The van der Waals surface area contributed by atoms with Gasteiger partial charge in [-0.1, -0.05) is 32.0 Å². The largest absolute Gasteiger partial charge is 0.379 e. The number of rotatable bonds is 8. The summed E-state index contributed by atoms with van der Waals surface area (Å²) in [5.74, 6) is 0.892. The summed E-state index contributed by atoms with van der Waals surface area (Å²) >= 11 is 0. The molecule has 1 aromatic carbocycles. The first-order valence-corrected chi connectivity index (χ1v) is 12.4. The summed E-state index contributed by atoms with van der Waals surface area (Å²) in [5.41, 5.74) is 4.57. The van der Waals surface area contributed by atoms with Gasteiger partial charge in [0.2, 0.25) is 0 Å². The summed E-state index contributed by atoms with van der Waals surface area (Å²) in [4.78, 5) is 23.9. The second kappa shape index (κ2) is 10.9. The maximum Gasteiger partial charge on any atom is 0.267 e. The molecule has 0 aliphatic carbocycles. The molecular formula is C27H31N7O2. The Morgan fingerprint density at radius 1 is 0.944 bits per heavy atom. The van der Waals surface area contributed by atoms with Crippen molar-refractivity contribution in [3.8, 4) is 22.5 Å². The number of nitrogens with zero attached hydrogens (tertiary/aromatic N) is 7. The van der Waals surface area contributed by atoms with E-state index >= 15 is 0 Å². The van der Waals surface area contributed by atoms with Crippen molar-refractivity contribution in [2.75, 3.05) is 32.8 Å². The topological polar surface area (TPSA) is 91.0 Å². The quantitative estimate of drug-likeness (QED) is 0.379. The summed E-state index contributed by atoms with van der Waals surface area (Å²) in [5, 5.41) is 9.02. The summed E-state index contributed by atoms with van der Waals surface area (Å²) in [6, 6.07) is 11.3. The van der Waals surface area contributed by atoms with E-state index in [9.17, 15) is 4.79 Å². The van der Waals surface area contributed by atoms with E-state index in [0.717, 1.165) is 67.3 Å². The first-order valence-electron chi connectivity index (χ1n) is 12.4. The third-order valence-electron chi connectivity index (χ3n) is 6.36. The maximum absolute atomic E-state index is 12.3. The fourth-order valence-corrected chi connectivity index (χ4v) is 4.20. The summed E-state index contributed by atoms with van der Waals surface area (Å²) in [6.07, 6.45) is 7.55. The van der Waals surface area contributed by atoms with Crippen molar-refractivity contribution >= 4 is 0 Å². The number of hydrogen-bond donors (Lipinski definition) is 0. The van der Waals surface area contributed by atoms with Crippen molar-refractivity contribution in [2.24, 2.45) is 0 Å². The van der Waals surface area contributed by atoms with Crippen LogP contribution in [0.25, 0.3) is 22.5 Å². The van der Waals surface area contributed by atoms with E-state index in [1.165, 1.54) is 4.68 Å². The van der Waals surface area contributed by atoms with Crippen molar-refractivity contribution in [1.29, 1.82) is 0 Å². The molecule has 9 nitrogen and oxygen atoms in total. The molecule has 3 aromatic heterocycles. The van der Waals surface area contributed by atoms with Crippen molar-refractivity contribution in [2.45, 2.75) is 32.9 Å². The van der Waals surface area contributed by atoms with E-state index in [0.29, 0.717) is 12.4 Å². The number of hydrogen-bond acceptors (Lipinski definition) is 7. The SMILES string of the molecule is CC(C)c1ccc(=O)n(Cc2cccc(-c3ncc(-c4cnn(CCN5CCOCC5)c4)cn3)c2)n1. The zero-order valence-corrected chi connectivity index (χ0v) is 20.7. The molecule has 36 heavy (non-hydrogen) atoms. The van der Waals surface area contributed by atoms with Crippen molar-refractivity contribution in [3.05, 3.63) is 82.8 Å². The molecule has 186 valence electrons. The first-order chi connectivity index (χ1) is 17.5. The van der Waals surface area contributed by atoms with E-state index < -0.39 is 0 Å². The predicted octanol–water partition coefficient (Wildman–Crippen LogP) is 3.07. The highest BCUT2D eigenvalue weighted by molar-refractivity contribution is 5.62. The molecule has 0 atom stereocenters. The van der Waals surface area contributed by atoms with Crippen LogP contribution in [0.3, 0.4) is 0 Å². The van der Waals surface area contributed by atoms with Crippen LogP contribution < -0.4 is 5.56 Å². The summed E-state index contributed by atoms with van der Waals surface area (Å²) in [7, 11) is 0. The zero-order chi connectivity index (χ0) is 24.9. The minimum atomic E-state index is -0.115. The van der Waals surface area contributed by atoms with Gasteiger partial charge in [0, 0.05) is 61.0 Å². The van der Waals surface area contributed by atoms with Gasteiger partial charge in [-0.15, -0.1) is 0 Å². The molecule has 0 spiro atoms. The highest BCUT2D eigenvalue weighted by Crippen LogP contribution is 2.21. The second-order valence-electron chi connectivity index (χ2n) is 9.35. The van der Waals surface area contributed by atoms with Crippen LogP contribution in [0.15, 0.2) is 66.0 Å². The molecule has 5 rings (SSSR count). The average Bonchev–Trinajstić information content (AvgIpc) is 3.39. The molecule has 1 fully saturated rings. The van der Waals surface area contributed by atoms with E-state index in [1.54, 1.807) is 12.1 Å². The number of aromatic nitrogens is 6. The lowest BCUT2D eigenvalue weighted by Crippen LogP contribution is -2.38. The van der Waals surface area contributed by atoms with Crippen LogP contribution >= 0.6 is 0 Å². The lowest BCUT2D eigenvalue weighted by molar-refractivity contribution is 0.0360. The Bertz CT molecular complexity index is 1360. The highest BCUT2D eigenvalue weighted by atomic mass is 16.5. The van der Waals surface area contributed by atoms with Crippen LogP contribution in [0.5, 0.6) is 0 Å². The van der Waals surface area contributed by atoms with Crippen molar-refractivity contribution < 1.29 is 4.74 Å². The van der Waals surface area contributed by atoms with Crippen LogP contribution in [0.2, 0.25) is 0 Å². The molecule has 0 saturated carbocycles.